The van der Waals surface area contributed by atoms with Gasteiger partial charge in [0.25, 0.3) is 11.8 Å². The van der Waals surface area contributed by atoms with Gasteiger partial charge in [0, 0.05) is 53.1 Å². The van der Waals surface area contributed by atoms with Crippen molar-refractivity contribution < 1.29 is 14.4 Å². The lowest BCUT2D eigenvalue weighted by Gasteiger charge is -2.28. The fourth-order valence-electron chi connectivity index (χ4n) is 3.75. The smallest absolute Gasteiger partial charge is 0.254 e. The SMILES string of the molecule is Cc1c(NC(=O)CCCNC(=O)c2ccsc2)cccc1C(=O)N1CCc2sccc2C1. The average molecular weight is 468 g/mol. The Balaban J connectivity index is 1.30. The monoisotopic (exact) mass is 467 g/mol. The van der Waals surface area contributed by atoms with E-state index < -0.39 is 0 Å². The molecule has 0 spiro atoms. The van der Waals surface area contributed by atoms with Gasteiger partial charge in [-0.1, -0.05) is 6.07 Å². The minimum Gasteiger partial charge on any atom is -0.352 e. The zero-order valence-electron chi connectivity index (χ0n) is 17.8. The van der Waals surface area contributed by atoms with Crippen LogP contribution in [0.4, 0.5) is 5.69 Å². The van der Waals surface area contributed by atoms with Crippen LogP contribution in [0.25, 0.3) is 0 Å². The van der Waals surface area contributed by atoms with Crippen LogP contribution >= 0.6 is 22.7 Å². The summed E-state index contributed by atoms with van der Waals surface area (Å²) in [6.45, 7) is 3.63. The Morgan fingerprint density at radius 2 is 2.00 bits per heavy atom. The summed E-state index contributed by atoms with van der Waals surface area (Å²) in [6, 6.07) is 9.29. The summed E-state index contributed by atoms with van der Waals surface area (Å²) >= 11 is 3.22. The molecule has 3 heterocycles. The van der Waals surface area contributed by atoms with Gasteiger partial charge in [0.05, 0.1) is 0 Å². The lowest BCUT2D eigenvalue weighted by molar-refractivity contribution is -0.116. The first kappa shape index (κ1) is 22.2. The molecule has 1 aromatic carbocycles. The van der Waals surface area contributed by atoms with Gasteiger partial charge in [0.15, 0.2) is 0 Å². The molecule has 6 nitrogen and oxygen atoms in total. The topological polar surface area (TPSA) is 78.5 Å². The zero-order chi connectivity index (χ0) is 22.5. The molecule has 0 fully saturated rings. The van der Waals surface area contributed by atoms with Gasteiger partial charge >= 0.3 is 0 Å². The molecule has 2 N–H and O–H groups in total. The van der Waals surface area contributed by atoms with E-state index in [0.29, 0.717) is 42.9 Å². The number of benzene rings is 1. The number of hydrogen-bond acceptors (Lipinski definition) is 5. The van der Waals surface area contributed by atoms with E-state index in [1.165, 1.54) is 21.8 Å². The predicted octanol–water partition coefficient (Wildman–Crippen LogP) is 4.47. The van der Waals surface area contributed by atoms with E-state index >= 15 is 0 Å². The van der Waals surface area contributed by atoms with E-state index in [9.17, 15) is 14.4 Å². The molecule has 2 aromatic heterocycles. The molecule has 3 amide bonds. The van der Waals surface area contributed by atoms with Crippen LogP contribution in [0.15, 0.2) is 46.5 Å². The maximum Gasteiger partial charge on any atom is 0.254 e. The fourth-order valence-corrected chi connectivity index (χ4v) is 5.28. The molecule has 0 radical (unpaired) electrons. The summed E-state index contributed by atoms with van der Waals surface area (Å²) < 4.78 is 0. The maximum atomic E-state index is 13.1. The minimum absolute atomic E-state index is 0.00779. The lowest BCUT2D eigenvalue weighted by Crippen LogP contribution is -2.35. The Morgan fingerprint density at radius 3 is 2.81 bits per heavy atom. The highest BCUT2D eigenvalue weighted by Gasteiger charge is 2.24. The molecule has 0 aliphatic carbocycles. The second kappa shape index (κ2) is 10.1. The van der Waals surface area contributed by atoms with Crippen molar-refractivity contribution in [3.63, 3.8) is 0 Å². The molecule has 8 heteroatoms. The summed E-state index contributed by atoms with van der Waals surface area (Å²) in [5.74, 6) is -0.268. The van der Waals surface area contributed by atoms with Crippen LogP contribution in [0.2, 0.25) is 0 Å². The average Bonchev–Trinajstić information content (AvgIpc) is 3.49. The van der Waals surface area contributed by atoms with E-state index in [1.54, 1.807) is 28.8 Å². The molecule has 3 aromatic rings. The Kier molecular flexibility index (Phi) is 7.02. The van der Waals surface area contributed by atoms with Crippen molar-refractivity contribution in [2.24, 2.45) is 0 Å². The number of nitrogens with one attached hydrogen (secondary N) is 2. The van der Waals surface area contributed by atoms with Gasteiger partial charge in [0.1, 0.15) is 0 Å². The number of hydrogen-bond donors (Lipinski definition) is 2. The zero-order valence-corrected chi connectivity index (χ0v) is 19.5. The van der Waals surface area contributed by atoms with Gasteiger partial charge in [-0.3, -0.25) is 14.4 Å². The number of fused-ring (bicyclic) bond motifs is 1. The largest absolute Gasteiger partial charge is 0.352 e. The first-order chi connectivity index (χ1) is 15.5. The van der Waals surface area contributed by atoms with E-state index in [2.05, 4.69) is 22.1 Å². The van der Waals surface area contributed by atoms with E-state index in [0.717, 1.165) is 12.0 Å². The van der Waals surface area contributed by atoms with Gasteiger partial charge < -0.3 is 15.5 Å². The van der Waals surface area contributed by atoms with Crippen molar-refractivity contribution in [2.45, 2.75) is 32.7 Å². The van der Waals surface area contributed by atoms with Crippen molar-refractivity contribution in [3.8, 4) is 0 Å². The van der Waals surface area contributed by atoms with E-state index in [1.807, 2.05) is 29.3 Å². The molecular formula is C24H25N3O3S2. The Hall–Kier alpha value is -2.97. The van der Waals surface area contributed by atoms with Crippen LogP contribution in [-0.4, -0.2) is 35.7 Å². The minimum atomic E-state index is -0.136. The summed E-state index contributed by atoms with van der Waals surface area (Å²) in [5, 5.41) is 11.5. The third kappa shape index (κ3) is 5.08. The van der Waals surface area contributed by atoms with E-state index in [4.69, 9.17) is 0 Å². The number of anilines is 1. The molecule has 1 aliphatic rings. The first-order valence-corrected chi connectivity index (χ1v) is 12.4. The van der Waals surface area contributed by atoms with Crippen molar-refractivity contribution in [3.05, 3.63) is 73.6 Å². The lowest BCUT2D eigenvalue weighted by atomic mass is 10.0. The third-order valence-electron chi connectivity index (χ3n) is 5.58. The van der Waals surface area contributed by atoms with Crippen LogP contribution in [0, 0.1) is 6.92 Å². The first-order valence-electron chi connectivity index (χ1n) is 10.6. The molecule has 1 aliphatic heterocycles. The van der Waals surface area contributed by atoms with Gasteiger partial charge in [-0.25, -0.2) is 0 Å². The van der Waals surface area contributed by atoms with Crippen LogP contribution in [0.5, 0.6) is 0 Å². The van der Waals surface area contributed by atoms with Crippen LogP contribution in [0.3, 0.4) is 0 Å². The summed E-state index contributed by atoms with van der Waals surface area (Å²) in [7, 11) is 0. The molecule has 0 saturated carbocycles. The van der Waals surface area contributed by atoms with Gasteiger partial charge in [-0.15, -0.1) is 11.3 Å². The Bertz CT molecular complexity index is 1120. The van der Waals surface area contributed by atoms with Crippen molar-refractivity contribution >= 4 is 46.1 Å². The van der Waals surface area contributed by atoms with Gasteiger partial charge in [-0.05, 0) is 65.9 Å². The molecule has 0 saturated heterocycles. The highest BCUT2D eigenvalue weighted by Crippen LogP contribution is 2.27. The molecule has 0 unspecified atom stereocenters. The highest BCUT2D eigenvalue weighted by atomic mass is 32.1. The van der Waals surface area contributed by atoms with Crippen molar-refractivity contribution in [2.75, 3.05) is 18.4 Å². The molecule has 166 valence electrons. The van der Waals surface area contributed by atoms with E-state index in [-0.39, 0.29) is 24.1 Å². The van der Waals surface area contributed by atoms with Gasteiger partial charge in [-0.2, -0.15) is 11.3 Å². The molecule has 32 heavy (non-hydrogen) atoms. The second-order valence-corrected chi connectivity index (χ2v) is 9.52. The molecule has 4 rings (SSSR count). The summed E-state index contributed by atoms with van der Waals surface area (Å²) in [5.41, 5.74) is 3.90. The number of carbonyl (C=O) groups excluding carboxylic acids is 3. The number of nitrogens with zero attached hydrogens (tertiary/aromatic N) is 1. The number of amides is 3. The number of thiophene rings is 2. The molecular weight excluding hydrogens is 442 g/mol. The quantitative estimate of drug-likeness (QED) is 0.504. The predicted molar refractivity (Wildman–Crippen MR) is 128 cm³/mol. The van der Waals surface area contributed by atoms with Crippen LogP contribution < -0.4 is 10.6 Å². The van der Waals surface area contributed by atoms with Crippen molar-refractivity contribution in [1.82, 2.24) is 10.2 Å². The van der Waals surface area contributed by atoms with Gasteiger partial charge in [0.2, 0.25) is 5.91 Å². The number of carbonyl (C=O) groups is 3. The standard InChI is InChI=1S/C24H25N3O3S2/c1-16-19(24(30)27-11-7-21-17(14-27)9-13-32-21)4-2-5-20(16)26-22(28)6-3-10-25-23(29)18-8-12-31-15-18/h2,4-5,8-9,12-13,15H,3,6-7,10-11,14H2,1H3,(H,25,29)(H,26,28). The normalized spacial score (nSPS) is 12.8. The van der Waals surface area contributed by atoms with Crippen molar-refractivity contribution in [1.29, 1.82) is 0 Å². The Morgan fingerprint density at radius 1 is 1.12 bits per heavy atom. The highest BCUT2D eigenvalue weighted by molar-refractivity contribution is 7.10. The summed E-state index contributed by atoms with van der Waals surface area (Å²) in [6.07, 6.45) is 1.71. The number of rotatable bonds is 7. The fraction of sp³-hybridized carbons (Fsp3) is 0.292. The summed E-state index contributed by atoms with van der Waals surface area (Å²) in [4.78, 5) is 40.7. The van der Waals surface area contributed by atoms with Crippen LogP contribution in [-0.2, 0) is 17.8 Å². The Labute approximate surface area is 195 Å². The second-order valence-electron chi connectivity index (χ2n) is 7.74. The molecule has 0 atom stereocenters. The maximum absolute atomic E-state index is 13.1. The van der Waals surface area contributed by atoms with Crippen LogP contribution in [0.1, 0.15) is 49.6 Å². The third-order valence-corrected chi connectivity index (χ3v) is 7.29. The molecule has 0 bridgehead atoms.